The third kappa shape index (κ3) is 5.68. The van der Waals surface area contributed by atoms with Crippen LogP contribution in [0.4, 0.5) is 11.4 Å². The molecule has 208 valence electrons. The largest absolute Gasteiger partial charge is 0.466 e. The molecule has 1 heterocycles. The Hall–Kier alpha value is -2.67. The third-order valence-corrected chi connectivity index (χ3v) is 9.94. The van der Waals surface area contributed by atoms with Gasteiger partial charge in [-0.25, -0.2) is 8.42 Å². The lowest BCUT2D eigenvalue weighted by molar-refractivity contribution is -0.154. The zero-order chi connectivity index (χ0) is 27.2. The number of fused-ring (bicyclic) bond motifs is 3. The summed E-state index contributed by atoms with van der Waals surface area (Å²) in [6.45, 7) is 2.58. The second-order valence-electron chi connectivity index (χ2n) is 10.8. The lowest BCUT2D eigenvalue weighted by Crippen LogP contribution is -2.51. The van der Waals surface area contributed by atoms with Crippen molar-refractivity contribution in [1.29, 1.82) is 0 Å². The molecule has 1 amide bonds. The lowest BCUT2D eigenvalue weighted by Gasteiger charge is -2.39. The average molecular weight is 567 g/mol. The fraction of sp³-hybridized carbons (Fsp3) is 0.640. The van der Waals surface area contributed by atoms with Crippen LogP contribution in [0.5, 0.6) is 0 Å². The summed E-state index contributed by atoms with van der Waals surface area (Å²) in [5.74, 6) is 0.130. The Bertz CT molecular complexity index is 1370. The second kappa shape index (κ2) is 10.1. The van der Waals surface area contributed by atoms with Gasteiger partial charge in [-0.15, -0.1) is 4.40 Å². The Kier molecular flexibility index (Phi) is 7.18. The highest BCUT2D eigenvalue weighted by atomic mass is 32.2. The van der Waals surface area contributed by atoms with E-state index < -0.39 is 20.0 Å². The van der Waals surface area contributed by atoms with Crippen LogP contribution in [0.3, 0.4) is 0 Å². The number of carbonyl (C=O) groups excluding carboxylic acids is 2. The van der Waals surface area contributed by atoms with Gasteiger partial charge >= 0.3 is 5.97 Å². The number of amides is 1. The second-order valence-corrected chi connectivity index (χ2v) is 14.1. The van der Waals surface area contributed by atoms with Gasteiger partial charge in [0, 0.05) is 18.3 Å². The summed E-state index contributed by atoms with van der Waals surface area (Å²) < 4.78 is 60.5. The summed E-state index contributed by atoms with van der Waals surface area (Å²) in [6.07, 6.45) is 6.66. The number of hydrogen-bond acceptors (Lipinski definition) is 8. The van der Waals surface area contributed by atoms with E-state index in [2.05, 4.69) is 14.4 Å². The monoisotopic (exact) mass is 566 g/mol. The zero-order valence-electron chi connectivity index (χ0n) is 21.6. The van der Waals surface area contributed by atoms with Crippen molar-refractivity contribution in [2.24, 2.45) is 28.1 Å². The number of ether oxygens (including phenoxy) is 1. The van der Waals surface area contributed by atoms with Gasteiger partial charge in [0.1, 0.15) is 10.7 Å². The first-order chi connectivity index (χ1) is 17.9. The smallest absolute Gasteiger partial charge is 0.311 e. The van der Waals surface area contributed by atoms with Gasteiger partial charge in [0.25, 0.3) is 10.0 Å². The van der Waals surface area contributed by atoms with Crippen LogP contribution in [-0.4, -0.2) is 64.9 Å². The number of benzene rings is 1. The molecule has 0 aromatic heterocycles. The molecule has 11 nitrogen and oxygen atoms in total. The number of rotatable bonds is 10. The first-order valence-electron chi connectivity index (χ1n) is 13.1. The summed E-state index contributed by atoms with van der Waals surface area (Å²) in [7, 11) is -7.76. The van der Waals surface area contributed by atoms with E-state index in [4.69, 9.17) is 4.74 Å². The van der Waals surface area contributed by atoms with Gasteiger partial charge in [-0.05, 0) is 68.6 Å². The molecular formula is C25H34N4O7S2. The first-order valence-corrected chi connectivity index (χ1v) is 16.5. The molecule has 2 N–H and O–H groups in total. The van der Waals surface area contributed by atoms with E-state index in [1.54, 1.807) is 11.8 Å². The summed E-state index contributed by atoms with van der Waals surface area (Å²) in [4.78, 5) is 28.3. The molecule has 3 fully saturated rings. The molecule has 0 saturated heterocycles. The predicted octanol–water partition coefficient (Wildman–Crippen LogP) is 2.57. The molecule has 1 aliphatic heterocycles. The van der Waals surface area contributed by atoms with Gasteiger partial charge in [0.15, 0.2) is 0 Å². The minimum Gasteiger partial charge on any atom is -0.466 e. The third-order valence-electron chi connectivity index (χ3n) is 7.98. The van der Waals surface area contributed by atoms with Crippen molar-refractivity contribution in [3.05, 3.63) is 18.2 Å². The quantitative estimate of drug-likeness (QED) is 0.410. The van der Waals surface area contributed by atoms with E-state index in [-0.39, 0.29) is 70.8 Å². The minimum absolute atomic E-state index is 0.00131. The van der Waals surface area contributed by atoms with Gasteiger partial charge in [-0.1, -0.05) is 12.8 Å². The van der Waals surface area contributed by atoms with Crippen LogP contribution in [0.2, 0.25) is 0 Å². The summed E-state index contributed by atoms with van der Waals surface area (Å²) in [6, 6.07) is 3.82. The molecule has 1 aromatic rings. The molecular weight excluding hydrogens is 532 g/mol. The lowest BCUT2D eigenvalue weighted by atomic mass is 9.83. The van der Waals surface area contributed by atoms with Crippen molar-refractivity contribution in [2.45, 2.75) is 62.8 Å². The van der Waals surface area contributed by atoms with Crippen LogP contribution in [-0.2, 0) is 34.4 Å². The molecule has 2 unspecified atom stereocenters. The number of esters is 1. The Morgan fingerprint density at radius 2 is 1.92 bits per heavy atom. The number of sulfonamides is 2. The fourth-order valence-electron chi connectivity index (χ4n) is 6.26. The topological polar surface area (TPSA) is 151 Å². The molecule has 4 aliphatic rings. The maximum atomic E-state index is 13.7. The fourth-order valence-corrected chi connectivity index (χ4v) is 7.99. The molecule has 2 bridgehead atoms. The van der Waals surface area contributed by atoms with E-state index in [1.165, 1.54) is 18.2 Å². The maximum Gasteiger partial charge on any atom is 0.311 e. The molecule has 4 atom stereocenters. The van der Waals surface area contributed by atoms with Crippen LogP contribution in [0, 0.1) is 23.7 Å². The molecule has 3 saturated carbocycles. The Labute approximate surface area is 223 Å². The van der Waals surface area contributed by atoms with Crippen LogP contribution in [0.1, 0.15) is 51.9 Å². The number of carbonyl (C=O) groups is 2. The van der Waals surface area contributed by atoms with Gasteiger partial charge in [0.2, 0.25) is 15.9 Å². The number of nitrogens with one attached hydrogen (secondary N) is 2. The molecule has 13 heteroatoms. The first kappa shape index (κ1) is 26.9. The van der Waals surface area contributed by atoms with E-state index in [1.807, 2.05) is 0 Å². The summed E-state index contributed by atoms with van der Waals surface area (Å²) in [5.41, 5.74) is 0.314. The summed E-state index contributed by atoms with van der Waals surface area (Å²) >= 11 is 0. The molecule has 1 aromatic carbocycles. The SMILES string of the molecule is CCOC(=O)C1C(N(CCC2CC2)C(=O)CC2=NS(=O)(=O)c3cc(NS(C)(=O)=O)ccc3N2)[C@@H]2CC[C@H]1C2. The van der Waals surface area contributed by atoms with E-state index in [0.29, 0.717) is 12.5 Å². The number of hydrogen-bond donors (Lipinski definition) is 2. The maximum absolute atomic E-state index is 13.7. The van der Waals surface area contributed by atoms with Gasteiger partial charge in [-0.2, -0.15) is 8.42 Å². The van der Waals surface area contributed by atoms with Crippen molar-refractivity contribution in [1.82, 2.24) is 4.90 Å². The normalized spacial score (nSPS) is 27.2. The van der Waals surface area contributed by atoms with Gasteiger partial charge in [0.05, 0.1) is 30.9 Å². The van der Waals surface area contributed by atoms with E-state index in [0.717, 1.165) is 44.8 Å². The highest BCUT2D eigenvalue weighted by Crippen LogP contribution is 2.51. The van der Waals surface area contributed by atoms with Crippen molar-refractivity contribution in [2.75, 3.05) is 29.4 Å². The molecule has 38 heavy (non-hydrogen) atoms. The highest BCUT2D eigenvalue weighted by molar-refractivity contribution is 7.92. The predicted molar refractivity (Wildman–Crippen MR) is 142 cm³/mol. The van der Waals surface area contributed by atoms with E-state index in [9.17, 15) is 26.4 Å². The number of anilines is 2. The van der Waals surface area contributed by atoms with Crippen LogP contribution >= 0.6 is 0 Å². The molecule has 0 spiro atoms. The Balaban J connectivity index is 1.38. The standard InChI is InChI=1S/C25H34N4O7S2/c1-3-36-25(31)23-16-6-7-17(12-16)24(23)29(11-10-15-4-5-15)22(30)14-21-26-19-9-8-18(27-37(2,32)33)13-20(19)38(34,35)28-21/h8-9,13,15-17,23-24,27H,3-7,10-12,14H2,1-2H3,(H,26,28)/t16-,17+,23?,24?/m0/s1. The van der Waals surface area contributed by atoms with Crippen molar-refractivity contribution < 1.29 is 31.2 Å². The Morgan fingerprint density at radius 3 is 2.61 bits per heavy atom. The average Bonchev–Trinajstić information content (AvgIpc) is 3.42. The van der Waals surface area contributed by atoms with Crippen LogP contribution < -0.4 is 10.0 Å². The molecule has 0 radical (unpaired) electrons. The molecule has 5 rings (SSSR count). The zero-order valence-corrected chi connectivity index (χ0v) is 23.2. The van der Waals surface area contributed by atoms with Crippen molar-refractivity contribution in [3.8, 4) is 0 Å². The van der Waals surface area contributed by atoms with Crippen molar-refractivity contribution >= 4 is 49.1 Å². The van der Waals surface area contributed by atoms with Crippen molar-refractivity contribution in [3.63, 3.8) is 0 Å². The van der Waals surface area contributed by atoms with Gasteiger partial charge in [-0.3, -0.25) is 14.3 Å². The number of nitrogens with zero attached hydrogens (tertiary/aromatic N) is 2. The van der Waals surface area contributed by atoms with Crippen LogP contribution in [0.25, 0.3) is 0 Å². The highest BCUT2D eigenvalue weighted by Gasteiger charge is 2.54. The molecule has 3 aliphatic carbocycles. The minimum atomic E-state index is -4.17. The van der Waals surface area contributed by atoms with Gasteiger partial charge < -0.3 is 15.0 Å². The summed E-state index contributed by atoms with van der Waals surface area (Å²) in [5, 5.41) is 2.94. The van der Waals surface area contributed by atoms with E-state index >= 15 is 0 Å². The Morgan fingerprint density at radius 1 is 1.18 bits per heavy atom. The van der Waals surface area contributed by atoms with Crippen LogP contribution in [0.15, 0.2) is 27.5 Å². The number of amidine groups is 1.